The summed E-state index contributed by atoms with van der Waals surface area (Å²) in [6.45, 7) is 2.16. The van der Waals surface area contributed by atoms with Gasteiger partial charge in [-0.05, 0) is 49.1 Å². The van der Waals surface area contributed by atoms with Gasteiger partial charge in [0.1, 0.15) is 16.8 Å². The van der Waals surface area contributed by atoms with Crippen LogP contribution in [-0.2, 0) is 6.54 Å². The number of carbonyl (C=O) groups excluding carboxylic acids is 1. The van der Waals surface area contributed by atoms with Crippen molar-refractivity contribution in [1.82, 2.24) is 15.3 Å². The Bertz CT molecular complexity index is 1240. The molecule has 0 unspecified atom stereocenters. The normalized spacial score (nSPS) is 14.2. The van der Waals surface area contributed by atoms with Gasteiger partial charge in [0.25, 0.3) is 5.91 Å². The van der Waals surface area contributed by atoms with Crippen LogP contribution in [0.2, 0.25) is 0 Å². The largest absolute Gasteiger partial charge is 0.497 e. The molecule has 0 aliphatic carbocycles. The molecule has 4 aromatic rings. The van der Waals surface area contributed by atoms with Crippen LogP contribution in [0.3, 0.4) is 0 Å². The average molecular weight is 416 g/mol. The van der Waals surface area contributed by atoms with E-state index in [1.807, 2.05) is 48.5 Å². The molecular weight excluding hydrogens is 392 g/mol. The van der Waals surface area contributed by atoms with Gasteiger partial charge in [-0.1, -0.05) is 24.3 Å². The summed E-state index contributed by atoms with van der Waals surface area (Å²) in [6, 6.07) is 15.4. The van der Waals surface area contributed by atoms with Crippen molar-refractivity contribution in [3.63, 3.8) is 0 Å². The number of hydrogen-bond acceptors (Lipinski definition) is 6. The zero-order valence-electron chi connectivity index (χ0n) is 17.4. The number of furan rings is 1. The molecule has 1 saturated heterocycles. The predicted octanol–water partition coefficient (Wildman–Crippen LogP) is 4.30. The van der Waals surface area contributed by atoms with Crippen molar-refractivity contribution in [2.24, 2.45) is 0 Å². The molecule has 31 heavy (non-hydrogen) atoms. The molecule has 0 atom stereocenters. The molecule has 2 aromatic carbocycles. The maximum atomic E-state index is 13.0. The fourth-order valence-electron chi connectivity index (χ4n) is 4.04. The molecule has 2 aromatic heterocycles. The number of nitrogens with zero attached hydrogens (tertiary/aromatic N) is 3. The van der Waals surface area contributed by atoms with Crippen molar-refractivity contribution in [3.8, 4) is 5.75 Å². The summed E-state index contributed by atoms with van der Waals surface area (Å²) in [4.78, 5) is 24.4. The van der Waals surface area contributed by atoms with E-state index in [4.69, 9.17) is 9.15 Å². The molecule has 1 N–H and O–H groups in total. The van der Waals surface area contributed by atoms with Gasteiger partial charge >= 0.3 is 0 Å². The molecule has 1 aliphatic heterocycles. The smallest absolute Gasteiger partial charge is 0.289 e. The van der Waals surface area contributed by atoms with Gasteiger partial charge in [0, 0.05) is 25.0 Å². The highest BCUT2D eigenvalue weighted by Crippen LogP contribution is 2.33. The van der Waals surface area contributed by atoms with E-state index >= 15 is 0 Å². The standard InChI is InChI=1S/C24H24N4O3/c1-30-17-9-7-8-16(14-17)15-25-24(29)22-26-20-18-10-3-4-11-19(18)31-21(20)23(27-22)28-12-5-2-6-13-28/h3-4,7-11,14H,2,5-6,12-13,15H2,1H3,(H,25,29). The number of anilines is 1. The third kappa shape index (κ3) is 3.79. The van der Waals surface area contributed by atoms with Gasteiger partial charge in [0.2, 0.25) is 5.82 Å². The first kappa shape index (κ1) is 19.4. The lowest BCUT2D eigenvalue weighted by Crippen LogP contribution is -2.32. The zero-order chi connectivity index (χ0) is 21.2. The quantitative estimate of drug-likeness (QED) is 0.522. The number of fused-ring (bicyclic) bond motifs is 3. The maximum absolute atomic E-state index is 13.0. The van der Waals surface area contributed by atoms with Gasteiger partial charge in [-0.2, -0.15) is 0 Å². The second kappa shape index (κ2) is 8.26. The van der Waals surface area contributed by atoms with Gasteiger partial charge in [0.15, 0.2) is 11.4 Å². The van der Waals surface area contributed by atoms with Crippen molar-refractivity contribution < 1.29 is 13.9 Å². The van der Waals surface area contributed by atoms with Crippen LogP contribution in [0.1, 0.15) is 35.4 Å². The van der Waals surface area contributed by atoms with Crippen molar-refractivity contribution >= 4 is 33.8 Å². The fourth-order valence-corrected chi connectivity index (χ4v) is 4.04. The van der Waals surface area contributed by atoms with E-state index in [0.29, 0.717) is 23.5 Å². The van der Waals surface area contributed by atoms with Gasteiger partial charge in [-0.3, -0.25) is 4.79 Å². The van der Waals surface area contributed by atoms with Crippen LogP contribution in [0, 0.1) is 0 Å². The minimum Gasteiger partial charge on any atom is -0.497 e. The number of rotatable bonds is 5. The number of nitrogens with one attached hydrogen (secondary N) is 1. The molecular formula is C24H24N4O3. The summed E-state index contributed by atoms with van der Waals surface area (Å²) >= 11 is 0. The molecule has 3 heterocycles. The van der Waals surface area contributed by atoms with Crippen molar-refractivity contribution in [1.29, 1.82) is 0 Å². The number of benzene rings is 2. The maximum Gasteiger partial charge on any atom is 0.289 e. The number of aromatic nitrogens is 2. The Morgan fingerprint density at radius 3 is 2.77 bits per heavy atom. The number of hydrogen-bond donors (Lipinski definition) is 1. The summed E-state index contributed by atoms with van der Waals surface area (Å²) in [5.41, 5.74) is 3.02. The number of ether oxygens (including phenoxy) is 1. The first-order valence-electron chi connectivity index (χ1n) is 10.6. The zero-order valence-corrected chi connectivity index (χ0v) is 17.4. The highest BCUT2D eigenvalue weighted by Gasteiger charge is 2.23. The second-order valence-corrected chi connectivity index (χ2v) is 7.73. The minimum atomic E-state index is -0.312. The molecule has 0 bridgehead atoms. The van der Waals surface area contributed by atoms with E-state index in [1.165, 1.54) is 6.42 Å². The van der Waals surface area contributed by atoms with Crippen molar-refractivity contribution in [2.45, 2.75) is 25.8 Å². The van der Waals surface area contributed by atoms with E-state index in [1.54, 1.807) is 7.11 Å². The van der Waals surface area contributed by atoms with Crippen LogP contribution < -0.4 is 15.0 Å². The molecule has 1 fully saturated rings. The molecule has 1 amide bonds. The molecule has 1 aliphatic rings. The first-order chi connectivity index (χ1) is 15.2. The van der Waals surface area contributed by atoms with E-state index in [2.05, 4.69) is 20.2 Å². The van der Waals surface area contributed by atoms with Crippen LogP contribution in [0.15, 0.2) is 52.9 Å². The molecule has 5 rings (SSSR count). The number of para-hydroxylation sites is 1. The SMILES string of the molecule is COc1cccc(CNC(=O)c2nc(N3CCCCC3)c3oc4ccccc4c3n2)c1. The lowest BCUT2D eigenvalue weighted by Gasteiger charge is -2.27. The summed E-state index contributed by atoms with van der Waals surface area (Å²) < 4.78 is 11.4. The highest BCUT2D eigenvalue weighted by molar-refractivity contribution is 6.07. The van der Waals surface area contributed by atoms with E-state index in [0.717, 1.165) is 48.2 Å². The Kier molecular flexibility index (Phi) is 5.16. The number of amides is 1. The molecule has 7 heteroatoms. The van der Waals surface area contributed by atoms with E-state index in [9.17, 15) is 4.79 Å². The molecule has 0 radical (unpaired) electrons. The van der Waals surface area contributed by atoms with Crippen LogP contribution in [0.25, 0.3) is 22.1 Å². The monoisotopic (exact) mass is 416 g/mol. The molecule has 7 nitrogen and oxygen atoms in total. The molecule has 158 valence electrons. The van der Waals surface area contributed by atoms with E-state index < -0.39 is 0 Å². The average Bonchev–Trinajstić information content (AvgIpc) is 3.21. The fraction of sp³-hybridized carbons (Fsp3) is 0.292. The lowest BCUT2D eigenvalue weighted by atomic mass is 10.1. The Hall–Kier alpha value is -3.61. The second-order valence-electron chi connectivity index (χ2n) is 7.73. The minimum absolute atomic E-state index is 0.155. The number of methoxy groups -OCH3 is 1. The summed E-state index contributed by atoms with van der Waals surface area (Å²) in [7, 11) is 1.62. The lowest BCUT2D eigenvalue weighted by molar-refractivity contribution is 0.0941. The molecule has 0 saturated carbocycles. The molecule has 0 spiro atoms. The highest BCUT2D eigenvalue weighted by atomic mass is 16.5. The summed E-state index contributed by atoms with van der Waals surface area (Å²) in [6.07, 6.45) is 3.41. The van der Waals surface area contributed by atoms with Crippen LogP contribution in [-0.4, -0.2) is 36.1 Å². The topological polar surface area (TPSA) is 80.5 Å². The van der Waals surface area contributed by atoms with Crippen LogP contribution in [0.4, 0.5) is 5.82 Å². The van der Waals surface area contributed by atoms with Crippen molar-refractivity contribution in [3.05, 3.63) is 59.9 Å². The van der Waals surface area contributed by atoms with Gasteiger partial charge in [-0.15, -0.1) is 0 Å². The van der Waals surface area contributed by atoms with Gasteiger partial charge in [0.05, 0.1) is 7.11 Å². The van der Waals surface area contributed by atoms with Crippen LogP contribution in [0.5, 0.6) is 5.75 Å². The third-order valence-electron chi connectivity index (χ3n) is 5.65. The van der Waals surface area contributed by atoms with Crippen molar-refractivity contribution in [2.75, 3.05) is 25.1 Å². The van der Waals surface area contributed by atoms with Gasteiger partial charge < -0.3 is 19.4 Å². The Labute approximate surface area is 180 Å². The van der Waals surface area contributed by atoms with Crippen LogP contribution >= 0.6 is 0 Å². The first-order valence-corrected chi connectivity index (χ1v) is 10.6. The predicted molar refractivity (Wildman–Crippen MR) is 120 cm³/mol. The number of piperidine rings is 1. The summed E-state index contributed by atoms with van der Waals surface area (Å²) in [5.74, 6) is 1.30. The Morgan fingerprint density at radius 1 is 1.10 bits per heavy atom. The number of carbonyl (C=O) groups is 1. The van der Waals surface area contributed by atoms with E-state index in [-0.39, 0.29) is 11.7 Å². The Morgan fingerprint density at radius 2 is 1.94 bits per heavy atom. The summed E-state index contributed by atoms with van der Waals surface area (Å²) in [5, 5.41) is 3.82. The Balaban J connectivity index is 1.51. The third-order valence-corrected chi connectivity index (χ3v) is 5.65. The van der Waals surface area contributed by atoms with Gasteiger partial charge in [-0.25, -0.2) is 9.97 Å².